The van der Waals surface area contributed by atoms with Gasteiger partial charge in [-0.15, -0.1) is 0 Å². The van der Waals surface area contributed by atoms with E-state index in [2.05, 4.69) is 14.5 Å². The van der Waals surface area contributed by atoms with E-state index in [9.17, 15) is 9.59 Å². The van der Waals surface area contributed by atoms with E-state index in [0.29, 0.717) is 0 Å². The van der Waals surface area contributed by atoms with Gasteiger partial charge in [0, 0.05) is 7.11 Å². The van der Waals surface area contributed by atoms with Crippen LogP contribution in [0.15, 0.2) is 0 Å². The molecule has 9 nitrogen and oxygen atoms in total. The van der Waals surface area contributed by atoms with E-state index >= 15 is 0 Å². The second-order valence-electron chi connectivity index (χ2n) is 3.47. The highest BCUT2D eigenvalue weighted by Gasteiger charge is 2.22. The Labute approximate surface area is 110 Å². The van der Waals surface area contributed by atoms with Crippen LogP contribution in [0.5, 0.6) is 0 Å². The lowest BCUT2D eigenvalue weighted by atomic mass is 10.2. The monoisotopic (exact) mass is 278 g/mol. The van der Waals surface area contributed by atoms with Crippen molar-refractivity contribution in [2.75, 3.05) is 40.6 Å². The first-order valence-corrected chi connectivity index (χ1v) is 5.49. The Morgan fingerprint density at radius 3 is 2.37 bits per heavy atom. The average Bonchev–Trinajstić information content (AvgIpc) is 2.38. The Balaban J connectivity index is 4.10. The second kappa shape index (κ2) is 9.95. The van der Waals surface area contributed by atoms with Crippen molar-refractivity contribution < 1.29 is 33.5 Å². The quantitative estimate of drug-likeness (QED) is 0.184. The van der Waals surface area contributed by atoms with Crippen LogP contribution in [0.2, 0.25) is 0 Å². The first kappa shape index (κ1) is 17.0. The van der Waals surface area contributed by atoms with E-state index in [4.69, 9.17) is 20.9 Å². The average molecular weight is 278 g/mol. The molecule has 0 saturated carbocycles. The molecule has 0 aliphatic rings. The van der Waals surface area contributed by atoms with Crippen molar-refractivity contribution in [1.29, 1.82) is 0 Å². The Bertz CT molecular complexity index is 316. The van der Waals surface area contributed by atoms with Gasteiger partial charge in [0.05, 0.1) is 20.3 Å². The van der Waals surface area contributed by atoms with E-state index in [-0.39, 0.29) is 32.3 Å². The molecule has 0 bridgehead atoms. The largest absolute Gasteiger partial charge is 0.508 e. The Morgan fingerprint density at radius 1 is 1.16 bits per heavy atom. The van der Waals surface area contributed by atoms with Crippen molar-refractivity contribution in [3.63, 3.8) is 0 Å². The summed E-state index contributed by atoms with van der Waals surface area (Å²) in [6, 6.07) is 0. The van der Waals surface area contributed by atoms with Crippen LogP contribution < -0.4 is 16.5 Å². The summed E-state index contributed by atoms with van der Waals surface area (Å²) in [6.07, 6.45) is -0.874. The van der Waals surface area contributed by atoms with Crippen molar-refractivity contribution >= 4 is 18.1 Å². The van der Waals surface area contributed by atoms with E-state index in [1.807, 2.05) is 0 Å². The van der Waals surface area contributed by atoms with E-state index < -0.39 is 18.0 Å². The van der Waals surface area contributed by atoms with Crippen molar-refractivity contribution in [2.45, 2.75) is 0 Å². The van der Waals surface area contributed by atoms with E-state index in [1.165, 1.54) is 14.2 Å². The smallest absolute Gasteiger partial charge is 0.462 e. The molecule has 0 radical (unpaired) electrons. The number of carbonyl (C=O) groups excluding carboxylic acids is 2. The first-order chi connectivity index (χ1) is 9.01. The Kier molecular flexibility index (Phi) is 8.88. The molecule has 0 aromatic carbocycles. The molecule has 5 N–H and O–H groups in total. The summed E-state index contributed by atoms with van der Waals surface area (Å²) in [5.74, 6) is -1.23. The van der Waals surface area contributed by atoms with Gasteiger partial charge in [0.2, 0.25) is 0 Å². The lowest BCUT2D eigenvalue weighted by Gasteiger charge is -2.14. The third kappa shape index (κ3) is 8.66. The number of methoxy groups -OCH3 is 2. The highest BCUT2D eigenvalue weighted by atomic mass is 16.7. The zero-order chi connectivity index (χ0) is 14.7. The molecule has 0 aromatic heterocycles. The van der Waals surface area contributed by atoms with Crippen LogP contribution >= 0.6 is 0 Å². The van der Waals surface area contributed by atoms with Crippen LogP contribution in [-0.2, 0) is 23.7 Å². The molecule has 19 heavy (non-hydrogen) atoms. The van der Waals surface area contributed by atoms with Gasteiger partial charge in [0.15, 0.2) is 0 Å². The van der Waals surface area contributed by atoms with Gasteiger partial charge in [-0.1, -0.05) is 0 Å². The third-order valence-electron chi connectivity index (χ3n) is 1.95. The number of guanidine groups is 1. The second-order valence-corrected chi connectivity index (χ2v) is 3.47. The molecule has 0 amide bonds. The number of ether oxygens (including phenoxy) is 4. The van der Waals surface area contributed by atoms with Gasteiger partial charge in [0.1, 0.15) is 19.1 Å². The van der Waals surface area contributed by atoms with Crippen molar-refractivity contribution in [3.05, 3.63) is 0 Å². The van der Waals surface area contributed by atoms with Gasteiger partial charge in [-0.05, 0) is 0 Å². The Hall–Kier alpha value is -2.03. The minimum Gasteiger partial charge on any atom is -0.462 e. The molecule has 0 rings (SSSR count). The number of hydrogen-bond donors (Lipinski definition) is 3. The number of nitrogens with two attached hydrogens (primary N) is 2. The summed E-state index contributed by atoms with van der Waals surface area (Å²) in [5.41, 5.74) is 10.3. The molecule has 9 heteroatoms. The van der Waals surface area contributed by atoms with Crippen molar-refractivity contribution in [1.82, 2.24) is 0 Å². The molecule has 0 aromatic rings. The summed E-state index contributed by atoms with van der Waals surface area (Å²) in [7, 11) is 2.59. The molecule has 0 fully saturated rings. The summed E-state index contributed by atoms with van der Waals surface area (Å²) in [4.78, 5) is 25.0. The number of esters is 1. The highest BCUT2D eigenvalue weighted by molar-refractivity contribution is 5.73. The highest BCUT2D eigenvalue weighted by Crippen LogP contribution is 2.02. The minimum absolute atomic E-state index is 0.0403. The summed E-state index contributed by atoms with van der Waals surface area (Å²) >= 11 is 0. The third-order valence-corrected chi connectivity index (χ3v) is 1.95. The van der Waals surface area contributed by atoms with Crippen LogP contribution in [-0.4, -0.2) is 58.7 Å². The van der Waals surface area contributed by atoms with Crippen LogP contribution in [0.4, 0.5) is 4.79 Å². The SMILES string of the molecule is COCC(COC(=O)OC)C(=O)OCC[NH+]=C(N)N. The molecular formula is C10H20N3O6+. The van der Waals surface area contributed by atoms with Gasteiger partial charge < -0.3 is 18.9 Å². The lowest BCUT2D eigenvalue weighted by Crippen LogP contribution is -2.79. The Morgan fingerprint density at radius 2 is 1.84 bits per heavy atom. The lowest BCUT2D eigenvalue weighted by molar-refractivity contribution is -0.462. The number of carbonyl (C=O) groups is 2. The van der Waals surface area contributed by atoms with Crippen molar-refractivity contribution in [2.24, 2.45) is 17.4 Å². The van der Waals surface area contributed by atoms with Crippen molar-refractivity contribution in [3.8, 4) is 0 Å². The molecule has 0 aliphatic carbocycles. The topological polar surface area (TPSA) is 137 Å². The number of hydrogen-bond acceptors (Lipinski definition) is 6. The molecule has 0 heterocycles. The molecular weight excluding hydrogens is 258 g/mol. The van der Waals surface area contributed by atoms with Crippen LogP contribution in [0.25, 0.3) is 0 Å². The summed E-state index contributed by atoms with van der Waals surface area (Å²) in [5, 5.41) is 0. The normalized spacial score (nSPS) is 11.3. The van der Waals surface area contributed by atoms with Gasteiger partial charge in [-0.2, -0.15) is 0 Å². The van der Waals surface area contributed by atoms with E-state index in [1.54, 1.807) is 0 Å². The zero-order valence-corrected chi connectivity index (χ0v) is 11.0. The standard InChI is InChI=1S/C10H19N3O6/c1-16-5-7(6-19-10(15)17-2)8(14)18-4-3-13-9(11)12/h7H,3-6H2,1-2H3,(H4,11,12,13)/p+1. The molecule has 0 aliphatic heterocycles. The van der Waals surface area contributed by atoms with Gasteiger partial charge in [0.25, 0.3) is 0 Å². The van der Waals surface area contributed by atoms with Crippen LogP contribution in [0.3, 0.4) is 0 Å². The molecule has 1 atom stereocenters. The molecule has 110 valence electrons. The van der Waals surface area contributed by atoms with Gasteiger partial charge in [-0.25, -0.2) is 4.79 Å². The number of nitrogens with one attached hydrogen (secondary N) is 1. The molecule has 0 spiro atoms. The van der Waals surface area contributed by atoms with E-state index in [0.717, 1.165) is 0 Å². The maximum Gasteiger partial charge on any atom is 0.508 e. The predicted octanol–water partition coefficient (Wildman–Crippen LogP) is -3.07. The maximum atomic E-state index is 11.6. The molecule has 0 saturated heterocycles. The van der Waals surface area contributed by atoms with Crippen LogP contribution in [0.1, 0.15) is 0 Å². The predicted molar refractivity (Wildman–Crippen MR) is 63.9 cm³/mol. The molecule has 1 unspecified atom stereocenters. The maximum absolute atomic E-state index is 11.6. The fraction of sp³-hybridized carbons (Fsp3) is 0.700. The minimum atomic E-state index is -0.874. The van der Waals surface area contributed by atoms with Gasteiger partial charge in [-0.3, -0.25) is 21.3 Å². The fourth-order valence-electron chi connectivity index (χ4n) is 1.08. The first-order valence-electron chi connectivity index (χ1n) is 5.49. The van der Waals surface area contributed by atoms with Gasteiger partial charge >= 0.3 is 18.1 Å². The summed E-state index contributed by atoms with van der Waals surface area (Å²) < 4.78 is 18.7. The summed E-state index contributed by atoms with van der Waals surface area (Å²) in [6.45, 7) is 0.243. The fourth-order valence-corrected chi connectivity index (χ4v) is 1.08. The van der Waals surface area contributed by atoms with Crippen LogP contribution in [0, 0.1) is 5.92 Å². The number of rotatable bonds is 8. The zero-order valence-electron chi connectivity index (χ0n) is 11.0.